The van der Waals surface area contributed by atoms with Crippen LogP contribution < -0.4 is 10.5 Å². The van der Waals surface area contributed by atoms with Crippen LogP contribution in [0.3, 0.4) is 0 Å². The zero-order valence-electron chi connectivity index (χ0n) is 8.08. The van der Waals surface area contributed by atoms with Gasteiger partial charge in [-0.1, -0.05) is 25.1 Å². The van der Waals surface area contributed by atoms with Crippen LogP contribution in [0.2, 0.25) is 0 Å². The predicted octanol–water partition coefficient (Wildman–Crippen LogP) is 1.68. The van der Waals surface area contributed by atoms with Gasteiger partial charge in [0.2, 0.25) is 0 Å². The summed E-state index contributed by atoms with van der Waals surface area (Å²) in [5, 5.41) is 0. The highest BCUT2D eigenvalue weighted by atomic mass is 16.5. The molecule has 2 rings (SSSR count). The van der Waals surface area contributed by atoms with Crippen LogP contribution in [0.1, 0.15) is 18.9 Å². The highest BCUT2D eigenvalue weighted by Crippen LogP contribution is 2.49. The quantitative estimate of drug-likeness (QED) is 0.746. The van der Waals surface area contributed by atoms with Crippen molar-refractivity contribution in [2.45, 2.75) is 24.8 Å². The van der Waals surface area contributed by atoms with Crippen molar-refractivity contribution in [2.24, 2.45) is 5.73 Å². The Labute approximate surface area is 78.7 Å². The summed E-state index contributed by atoms with van der Waals surface area (Å²) in [5.41, 5.74) is 7.29. The Kier molecular flexibility index (Phi) is 1.81. The molecule has 0 aromatic heterocycles. The van der Waals surface area contributed by atoms with Gasteiger partial charge in [-0.15, -0.1) is 0 Å². The maximum atomic E-state index is 5.90. The molecule has 0 spiro atoms. The van der Waals surface area contributed by atoms with Crippen molar-refractivity contribution in [3.63, 3.8) is 0 Å². The first kappa shape index (κ1) is 8.57. The van der Waals surface area contributed by atoms with Crippen LogP contribution in [0.4, 0.5) is 0 Å². The van der Waals surface area contributed by atoms with Gasteiger partial charge >= 0.3 is 0 Å². The van der Waals surface area contributed by atoms with Gasteiger partial charge in [0.15, 0.2) is 0 Å². The Morgan fingerprint density at radius 1 is 1.46 bits per heavy atom. The van der Waals surface area contributed by atoms with Crippen LogP contribution in [0.15, 0.2) is 24.3 Å². The molecule has 0 radical (unpaired) electrons. The second-order valence-corrected chi connectivity index (χ2v) is 3.93. The number of hydrogen-bond donors (Lipinski definition) is 1. The molecule has 1 saturated carbocycles. The monoisotopic (exact) mass is 177 g/mol. The SMILES string of the molecule is COc1ccccc1[C@@]1(C)C[C@H]1N. The van der Waals surface area contributed by atoms with E-state index in [1.807, 2.05) is 18.2 Å². The maximum Gasteiger partial charge on any atom is 0.122 e. The van der Waals surface area contributed by atoms with Gasteiger partial charge in [-0.3, -0.25) is 0 Å². The van der Waals surface area contributed by atoms with E-state index in [2.05, 4.69) is 13.0 Å². The van der Waals surface area contributed by atoms with Gasteiger partial charge in [-0.25, -0.2) is 0 Å². The number of rotatable bonds is 2. The number of methoxy groups -OCH3 is 1. The summed E-state index contributed by atoms with van der Waals surface area (Å²) in [7, 11) is 1.70. The molecule has 0 heterocycles. The third kappa shape index (κ3) is 1.22. The van der Waals surface area contributed by atoms with Crippen LogP contribution >= 0.6 is 0 Å². The number of benzene rings is 1. The first-order valence-electron chi connectivity index (χ1n) is 4.57. The highest BCUT2D eigenvalue weighted by Gasteiger charge is 2.50. The van der Waals surface area contributed by atoms with E-state index in [9.17, 15) is 0 Å². The topological polar surface area (TPSA) is 35.2 Å². The molecule has 0 aliphatic heterocycles. The maximum absolute atomic E-state index is 5.90. The predicted molar refractivity (Wildman–Crippen MR) is 52.9 cm³/mol. The Morgan fingerprint density at radius 2 is 2.08 bits per heavy atom. The summed E-state index contributed by atoms with van der Waals surface area (Å²) in [6, 6.07) is 8.41. The van der Waals surface area contributed by atoms with Crippen LogP contribution in [0.25, 0.3) is 0 Å². The van der Waals surface area contributed by atoms with Gasteiger partial charge in [-0.2, -0.15) is 0 Å². The van der Waals surface area contributed by atoms with Crippen molar-refractivity contribution >= 4 is 0 Å². The summed E-state index contributed by atoms with van der Waals surface area (Å²) in [6.45, 7) is 2.19. The lowest BCUT2D eigenvalue weighted by Gasteiger charge is -2.14. The lowest BCUT2D eigenvalue weighted by Crippen LogP contribution is -2.15. The lowest BCUT2D eigenvalue weighted by atomic mass is 9.96. The first-order chi connectivity index (χ1) is 6.18. The molecule has 2 atom stereocenters. The molecular weight excluding hydrogens is 162 g/mol. The molecule has 0 saturated heterocycles. The van der Waals surface area contributed by atoms with Crippen molar-refractivity contribution in [2.75, 3.05) is 7.11 Å². The van der Waals surface area contributed by atoms with Crippen LogP contribution in [0.5, 0.6) is 5.75 Å². The molecule has 1 aliphatic rings. The van der Waals surface area contributed by atoms with Gasteiger partial charge in [0.05, 0.1) is 7.11 Å². The van der Waals surface area contributed by atoms with Crippen molar-refractivity contribution in [3.8, 4) is 5.75 Å². The molecule has 0 unspecified atom stereocenters. The molecule has 2 nitrogen and oxygen atoms in total. The Hall–Kier alpha value is -1.02. The fourth-order valence-electron chi connectivity index (χ4n) is 1.82. The number of para-hydroxylation sites is 1. The average Bonchev–Trinajstić information content (AvgIpc) is 2.76. The second kappa shape index (κ2) is 2.74. The summed E-state index contributed by atoms with van der Waals surface area (Å²) in [4.78, 5) is 0. The van der Waals surface area contributed by atoms with E-state index in [1.54, 1.807) is 7.11 Å². The largest absolute Gasteiger partial charge is 0.496 e. The first-order valence-corrected chi connectivity index (χ1v) is 4.57. The van der Waals surface area contributed by atoms with Crippen molar-refractivity contribution in [1.82, 2.24) is 0 Å². The normalized spacial score (nSPS) is 31.5. The molecule has 1 aromatic rings. The van der Waals surface area contributed by atoms with E-state index in [0.29, 0.717) is 6.04 Å². The van der Waals surface area contributed by atoms with Gasteiger partial charge in [0.1, 0.15) is 5.75 Å². The third-order valence-electron chi connectivity index (χ3n) is 3.02. The number of ether oxygens (including phenoxy) is 1. The van der Waals surface area contributed by atoms with Crippen molar-refractivity contribution < 1.29 is 4.74 Å². The lowest BCUT2D eigenvalue weighted by molar-refractivity contribution is 0.405. The fraction of sp³-hybridized carbons (Fsp3) is 0.455. The van der Waals surface area contributed by atoms with E-state index in [4.69, 9.17) is 10.5 Å². The van der Waals surface area contributed by atoms with Crippen LogP contribution in [-0.2, 0) is 5.41 Å². The third-order valence-corrected chi connectivity index (χ3v) is 3.02. The Balaban J connectivity index is 2.40. The fourth-order valence-corrected chi connectivity index (χ4v) is 1.82. The van der Waals surface area contributed by atoms with Crippen LogP contribution in [-0.4, -0.2) is 13.2 Å². The number of hydrogen-bond acceptors (Lipinski definition) is 2. The Morgan fingerprint density at radius 3 is 2.62 bits per heavy atom. The van der Waals surface area contributed by atoms with Crippen LogP contribution in [0, 0.1) is 0 Å². The summed E-state index contributed by atoms with van der Waals surface area (Å²) >= 11 is 0. The highest BCUT2D eigenvalue weighted by molar-refractivity contribution is 5.45. The molecule has 1 aromatic carbocycles. The molecule has 0 bridgehead atoms. The van der Waals surface area contributed by atoms with E-state index in [-0.39, 0.29) is 5.41 Å². The average molecular weight is 177 g/mol. The van der Waals surface area contributed by atoms with Crippen molar-refractivity contribution in [1.29, 1.82) is 0 Å². The van der Waals surface area contributed by atoms with Gasteiger partial charge in [-0.05, 0) is 12.5 Å². The zero-order valence-corrected chi connectivity index (χ0v) is 8.08. The zero-order chi connectivity index (χ0) is 9.47. The minimum atomic E-state index is 0.145. The molecule has 70 valence electrons. The molecule has 2 N–H and O–H groups in total. The van der Waals surface area contributed by atoms with E-state index >= 15 is 0 Å². The van der Waals surface area contributed by atoms with E-state index in [1.165, 1.54) is 5.56 Å². The minimum absolute atomic E-state index is 0.145. The molecule has 13 heavy (non-hydrogen) atoms. The molecule has 2 heteroatoms. The summed E-state index contributed by atoms with van der Waals surface area (Å²) in [5.74, 6) is 0.956. The molecule has 1 aliphatic carbocycles. The molecule has 1 fully saturated rings. The van der Waals surface area contributed by atoms with Crippen molar-refractivity contribution in [3.05, 3.63) is 29.8 Å². The summed E-state index contributed by atoms with van der Waals surface area (Å²) in [6.07, 6.45) is 1.06. The summed E-state index contributed by atoms with van der Waals surface area (Å²) < 4.78 is 5.30. The minimum Gasteiger partial charge on any atom is -0.496 e. The van der Waals surface area contributed by atoms with Gasteiger partial charge in [0.25, 0.3) is 0 Å². The molecule has 0 amide bonds. The van der Waals surface area contributed by atoms with Gasteiger partial charge < -0.3 is 10.5 Å². The number of nitrogens with two attached hydrogens (primary N) is 1. The van der Waals surface area contributed by atoms with Gasteiger partial charge in [0, 0.05) is 17.0 Å². The second-order valence-electron chi connectivity index (χ2n) is 3.93. The smallest absolute Gasteiger partial charge is 0.122 e. The Bertz CT molecular complexity index is 324. The standard InChI is InChI=1S/C11H15NO/c1-11(7-10(11)12)8-5-3-4-6-9(8)13-2/h3-6,10H,7,12H2,1-2H3/t10-,11-/m1/s1. The van der Waals surface area contributed by atoms with E-state index in [0.717, 1.165) is 12.2 Å². The molecular formula is C11H15NO. The van der Waals surface area contributed by atoms with E-state index < -0.39 is 0 Å².